The summed E-state index contributed by atoms with van der Waals surface area (Å²) in [7, 11) is 1.65. The second kappa shape index (κ2) is 10.7. The lowest BCUT2D eigenvalue weighted by Gasteiger charge is -2.25. The third-order valence-electron chi connectivity index (χ3n) is 4.97. The number of carbonyl (C=O) groups excluding carboxylic acids is 1. The van der Waals surface area contributed by atoms with Crippen molar-refractivity contribution >= 4 is 45.0 Å². The zero-order valence-electron chi connectivity index (χ0n) is 18.2. The van der Waals surface area contributed by atoms with Crippen LogP contribution in [0.15, 0.2) is 30.5 Å². The first-order valence-electron chi connectivity index (χ1n) is 10.0. The molecule has 0 atom stereocenters. The molecule has 0 spiro atoms. The number of fused-ring (bicyclic) bond motifs is 1. The van der Waals surface area contributed by atoms with Gasteiger partial charge in [-0.1, -0.05) is 25.2 Å². The van der Waals surface area contributed by atoms with Gasteiger partial charge in [-0.25, -0.2) is 4.98 Å². The van der Waals surface area contributed by atoms with Crippen LogP contribution in [0.4, 0.5) is 5.13 Å². The van der Waals surface area contributed by atoms with Gasteiger partial charge in [0.15, 0.2) is 5.13 Å². The standard InChI is InChI=1S/C21H29N5O2S.ClH/c1-6-24(7-2)12-13-25(20(27)18-10-11-22-26(18)15(3)4)21-23-17-9-8-16(28-5)14-19(17)29-21;/h8-11,14-15H,6-7,12-13H2,1-5H3;1H. The first-order chi connectivity index (χ1) is 14.0. The molecule has 2 heterocycles. The van der Waals surface area contributed by atoms with Crippen molar-refractivity contribution in [3.8, 4) is 5.75 Å². The van der Waals surface area contributed by atoms with E-state index in [9.17, 15) is 4.79 Å². The normalized spacial score (nSPS) is 11.2. The molecular formula is C21H30ClN5O2S. The van der Waals surface area contributed by atoms with E-state index in [1.807, 2.05) is 32.0 Å². The van der Waals surface area contributed by atoms with Crippen molar-refractivity contribution in [2.75, 3.05) is 38.2 Å². The molecule has 1 amide bonds. The molecule has 0 fully saturated rings. The Morgan fingerprint density at radius 3 is 2.57 bits per heavy atom. The van der Waals surface area contributed by atoms with E-state index in [-0.39, 0.29) is 24.4 Å². The zero-order valence-corrected chi connectivity index (χ0v) is 19.8. The van der Waals surface area contributed by atoms with Crippen molar-refractivity contribution in [2.24, 2.45) is 0 Å². The molecule has 7 nitrogen and oxygen atoms in total. The van der Waals surface area contributed by atoms with Gasteiger partial charge in [-0.2, -0.15) is 5.10 Å². The number of likely N-dealkylation sites (N-methyl/N-ethyl adjacent to an activating group) is 1. The molecule has 3 aromatic rings. The maximum absolute atomic E-state index is 13.5. The number of amides is 1. The summed E-state index contributed by atoms with van der Waals surface area (Å²) in [5, 5.41) is 5.03. The van der Waals surface area contributed by atoms with E-state index in [4.69, 9.17) is 9.72 Å². The molecule has 1 aromatic carbocycles. The van der Waals surface area contributed by atoms with Crippen molar-refractivity contribution in [1.29, 1.82) is 0 Å². The third-order valence-corrected chi connectivity index (χ3v) is 6.01. The zero-order chi connectivity index (χ0) is 21.0. The van der Waals surface area contributed by atoms with Gasteiger partial charge in [0.2, 0.25) is 0 Å². The molecule has 3 rings (SSSR count). The number of hydrogen-bond donors (Lipinski definition) is 0. The first-order valence-corrected chi connectivity index (χ1v) is 10.8. The van der Waals surface area contributed by atoms with Gasteiger partial charge >= 0.3 is 0 Å². The monoisotopic (exact) mass is 451 g/mol. The van der Waals surface area contributed by atoms with Gasteiger partial charge in [0.05, 0.1) is 17.3 Å². The van der Waals surface area contributed by atoms with Gasteiger partial charge in [-0.3, -0.25) is 14.4 Å². The van der Waals surface area contributed by atoms with Gasteiger partial charge in [-0.05, 0) is 51.2 Å². The van der Waals surface area contributed by atoms with Gasteiger partial charge in [0.1, 0.15) is 11.4 Å². The van der Waals surface area contributed by atoms with Crippen LogP contribution in [0.25, 0.3) is 10.2 Å². The Morgan fingerprint density at radius 2 is 1.93 bits per heavy atom. The fraction of sp³-hybridized carbons (Fsp3) is 0.476. The Kier molecular flexibility index (Phi) is 8.64. The number of hydrogen-bond acceptors (Lipinski definition) is 6. The average molecular weight is 452 g/mol. The van der Waals surface area contributed by atoms with Crippen molar-refractivity contribution in [3.05, 3.63) is 36.2 Å². The molecule has 0 radical (unpaired) electrons. The number of halogens is 1. The molecule has 0 saturated heterocycles. The molecule has 0 aliphatic carbocycles. The summed E-state index contributed by atoms with van der Waals surface area (Å²) in [5.41, 5.74) is 1.44. The molecule has 0 bridgehead atoms. The van der Waals surface area contributed by atoms with Crippen LogP contribution in [0.5, 0.6) is 5.75 Å². The predicted molar refractivity (Wildman–Crippen MR) is 125 cm³/mol. The summed E-state index contributed by atoms with van der Waals surface area (Å²) < 4.78 is 8.09. The highest BCUT2D eigenvalue weighted by molar-refractivity contribution is 7.22. The molecule has 9 heteroatoms. The minimum atomic E-state index is -0.0747. The van der Waals surface area contributed by atoms with E-state index < -0.39 is 0 Å². The molecule has 0 saturated carbocycles. The largest absolute Gasteiger partial charge is 0.497 e. The molecule has 0 N–H and O–H groups in total. The number of rotatable bonds is 9. The summed E-state index contributed by atoms with van der Waals surface area (Å²) in [6, 6.07) is 7.67. The Labute approximate surface area is 188 Å². The molecule has 0 aliphatic heterocycles. The summed E-state index contributed by atoms with van der Waals surface area (Å²) in [4.78, 5) is 22.3. The van der Waals surface area contributed by atoms with Crippen LogP contribution < -0.4 is 9.64 Å². The Bertz CT molecular complexity index is 967. The van der Waals surface area contributed by atoms with Crippen LogP contribution >= 0.6 is 23.7 Å². The fourth-order valence-corrected chi connectivity index (χ4v) is 4.25. The molecule has 2 aromatic heterocycles. The van der Waals surface area contributed by atoms with E-state index in [1.54, 1.807) is 29.0 Å². The molecule has 164 valence electrons. The molecule has 0 aliphatic rings. The lowest BCUT2D eigenvalue weighted by molar-refractivity contribution is 0.0971. The quantitative estimate of drug-likeness (QED) is 0.479. The van der Waals surface area contributed by atoms with Crippen LogP contribution in [0, 0.1) is 0 Å². The number of benzene rings is 1. The highest BCUT2D eigenvalue weighted by Gasteiger charge is 2.25. The van der Waals surface area contributed by atoms with Crippen molar-refractivity contribution in [3.63, 3.8) is 0 Å². The maximum Gasteiger partial charge on any atom is 0.278 e. The lowest BCUT2D eigenvalue weighted by atomic mass is 10.3. The summed E-state index contributed by atoms with van der Waals surface area (Å²) in [6.45, 7) is 11.6. The smallest absolute Gasteiger partial charge is 0.278 e. The van der Waals surface area contributed by atoms with Gasteiger partial charge in [0.25, 0.3) is 5.91 Å². The van der Waals surface area contributed by atoms with E-state index in [0.29, 0.717) is 17.4 Å². The van der Waals surface area contributed by atoms with Crippen molar-refractivity contribution in [1.82, 2.24) is 19.7 Å². The number of carbonyl (C=O) groups is 1. The molecular weight excluding hydrogens is 422 g/mol. The van der Waals surface area contributed by atoms with Gasteiger partial charge in [0, 0.05) is 25.3 Å². The third kappa shape index (κ3) is 5.11. The summed E-state index contributed by atoms with van der Waals surface area (Å²) in [5.74, 6) is 0.709. The Balaban J connectivity index is 0.00000320. The van der Waals surface area contributed by atoms with E-state index in [2.05, 4.69) is 23.8 Å². The summed E-state index contributed by atoms with van der Waals surface area (Å²) in [6.07, 6.45) is 1.68. The number of anilines is 1. The van der Waals surface area contributed by atoms with Crippen LogP contribution in [-0.2, 0) is 0 Å². The highest BCUT2D eigenvalue weighted by atomic mass is 35.5. The maximum atomic E-state index is 13.5. The molecule has 0 unspecified atom stereocenters. The van der Waals surface area contributed by atoms with E-state index >= 15 is 0 Å². The Morgan fingerprint density at radius 1 is 1.20 bits per heavy atom. The average Bonchev–Trinajstić information content (AvgIpc) is 3.37. The number of thiazole rings is 1. The van der Waals surface area contributed by atoms with Crippen molar-refractivity contribution < 1.29 is 9.53 Å². The van der Waals surface area contributed by atoms with E-state index in [1.165, 1.54) is 11.3 Å². The number of aromatic nitrogens is 3. The SMILES string of the molecule is CCN(CC)CCN(C(=O)c1ccnn1C(C)C)c1nc2ccc(OC)cc2s1.Cl. The number of ether oxygens (including phenoxy) is 1. The molecule has 30 heavy (non-hydrogen) atoms. The highest BCUT2D eigenvalue weighted by Crippen LogP contribution is 2.32. The van der Waals surface area contributed by atoms with Gasteiger partial charge < -0.3 is 9.64 Å². The minimum Gasteiger partial charge on any atom is -0.497 e. The van der Waals surface area contributed by atoms with Crippen LogP contribution in [0.1, 0.15) is 44.2 Å². The van der Waals surface area contributed by atoms with Gasteiger partial charge in [-0.15, -0.1) is 12.4 Å². The minimum absolute atomic E-state index is 0. The Hall–Kier alpha value is -2.16. The lowest BCUT2D eigenvalue weighted by Crippen LogP contribution is -2.39. The first kappa shape index (κ1) is 24.1. The van der Waals surface area contributed by atoms with Crippen LogP contribution in [0.2, 0.25) is 0 Å². The topological polar surface area (TPSA) is 63.5 Å². The second-order valence-electron chi connectivity index (χ2n) is 7.07. The van der Waals surface area contributed by atoms with Crippen LogP contribution in [0.3, 0.4) is 0 Å². The van der Waals surface area contributed by atoms with Crippen LogP contribution in [-0.4, -0.2) is 58.9 Å². The number of methoxy groups -OCH3 is 1. The predicted octanol–water partition coefficient (Wildman–Crippen LogP) is 4.49. The second-order valence-corrected chi connectivity index (χ2v) is 8.08. The van der Waals surface area contributed by atoms with Crippen molar-refractivity contribution in [2.45, 2.75) is 33.7 Å². The van der Waals surface area contributed by atoms with E-state index in [0.717, 1.165) is 35.6 Å². The summed E-state index contributed by atoms with van der Waals surface area (Å²) >= 11 is 1.51. The number of nitrogens with zero attached hydrogens (tertiary/aromatic N) is 5. The fourth-order valence-electron chi connectivity index (χ4n) is 3.23.